The van der Waals surface area contributed by atoms with E-state index < -0.39 is 20.0 Å². The maximum atomic E-state index is 13.8. The fraction of sp³-hybridized carbons (Fsp3) is 0.190. The number of hydrogen-bond donors (Lipinski definition) is 2. The van der Waals surface area contributed by atoms with Gasteiger partial charge >= 0.3 is 0 Å². The number of unbranched alkanes of at least 4 members (excludes halogenated alkanes) is 1. The average Bonchev–Trinajstić information content (AvgIpc) is 3.51. The standard InChI is InChI=1S/C42H44N6O4S2/c1-47(2)39-25-13-19-33-31(39)17-15-27-41(33)53(49,50)45-37-23-9-5-7-21-35(37)43-29-11-12-30-44-36-22-8-6-10-24-38(36)46-54(51,52)42-28-16-18-32-34(42)20-14-26-40(32)48(3)4/h5-10,13-28H,11-12,29-30H2,1-4H3,(H,43,45)(H,44,46). The Labute approximate surface area is 317 Å². The monoisotopic (exact) mass is 760 g/mol. The molecule has 6 rings (SSSR count). The zero-order valence-corrected chi connectivity index (χ0v) is 32.4. The van der Waals surface area contributed by atoms with Crippen LogP contribution in [0.25, 0.3) is 21.5 Å². The lowest BCUT2D eigenvalue weighted by atomic mass is 10.1. The van der Waals surface area contributed by atoms with Crippen molar-refractivity contribution in [2.45, 2.75) is 22.6 Å². The van der Waals surface area contributed by atoms with Crippen molar-refractivity contribution in [3.63, 3.8) is 0 Å². The van der Waals surface area contributed by atoms with Gasteiger partial charge in [-0.1, -0.05) is 84.9 Å². The van der Waals surface area contributed by atoms with Crippen LogP contribution in [0.15, 0.2) is 153 Å². The number of anilines is 4. The van der Waals surface area contributed by atoms with Crippen LogP contribution in [-0.2, 0) is 20.0 Å². The van der Waals surface area contributed by atoms with Gasteiger partial charge in [-0.2, -0.15) is 0 Å². The van der Waals surface area contributed by atoms with Crippen LogP contribution in [0.1, 0.15) is 12.8 Å². The zero-order valence-electron chi connectivity index (χ0n) is 30.8. The molecule has 0 aliphatic carbocycles. The van der Waals surface area contributed by atoms with Crippen LogP contribution in [0.3, 0.4) is 0 Å². The third-order valence-electron chi connectivity index (χ3n) is 8.91. The van der Waals surface area contributed by atoms with Crippen LogP contribution in [0.5, 0.6) is 0 Å². The zero-order chi connectivity index (χ0) is 38.3. The van der Waals surface area contributed by atoms with Crippen molar-refractivity contribution >= 4 is 64.3 Å². The summed E-state index contributed by atoms with van der Waals surface area (Å²) >= 11 is 0. The number of benzene rings is 4. The number of sulfonamides is 2. The Bertz CT molecular complexity index is 2500. The second-order valence-electron chi connectivity index (χ2n) is 13.1. The fourth-order valence-electron chi connectivity index (χ4n) is 6.32. The molecular weight excluding hydrogens is 717 g/mol. The molecule has 0 fully saturated rings. The molecule has 0 saturated heterocycles. The molecule has 0 amide bonds. The van der Waals surface area contributed by atoms with Crippen molar-refractivity contribution in [1.29, 1.82) is 0 Å². The predicted octanol–water partition coefficient (Wildman–Crippen LogP) is 7.01. The van der Waals surface area contributed by atoms with Gasteiger partial charge in [0.2, 0.25) is 0 Å². The largest absolute Gasteiger partial charge is 0.377 e. The summed E-state index contributed by atoms with van der Waals surface area (Å²) in [4.78, 5) is 13.8. The van der Waals surface area contributed by atoms with Crippen molar-refractivity contribution < 1.29 is 16.8 Å². The number of nitrogens with zero attached hydrogens (tertiary/aromatic N) is 4. The summed E-state index contributed by atoms with van der Waals surface area (Å²) in [5.41, 5.74) is 2.61. The second kappa shape index (κ2) is 16.5. The van der Waals surface area contributed by atoms with Gasteiger partial charge < -0.3 is 9.80 Å². The predicted molar refractivity (Wildman–Crippen MR) is 221 cm³/mol. The Morgan fingerprint density at radius 1 is 0.444 bits per heavy atom. The highest BCUT2D eigenvalue weighted by Crippen LogP contribution is 2.32. The number of rotatable bonds is 13. The molecule has 6 aromatic rings. The fourth-order valence-corrected chi connectivity index (χ4v) is 8.92. The molecule has 0 spiro atoms. The Morgan fingerprint density at radius 3 is 1.22 bits per heavy atom. The van der Waals surface area contributed by atoms with Gasteiger partial charge in [-0.25, -0.2) is 16.8 Å². The van der Waals surface area contributed by atoms with Crippen LogP contribution < -0.4 is 30.0 Å². The van der Waals surface area contributed by atoms with Crippen molar-refractivity contribution in [2.75, 3.05) is 60.5 Å². The summed E-state index contributed by atoms with van der Waals surface area (Å²) < 4.78 is 60.7. The minimum absolute atomic E-state index is 0.189. The molecule has 54 heavy (non-hydrogen) atoms. The highest BCUT2D eigenvalue weighted by Gasteiger charge is 2.21. The lowest BCUT2D eigenvalue weighted by Gasteiger charge is -2.17. The Hall–Kier alpha value is -5.72. The van der Waals surface area contributed by atoms with Gasteiger partial charge in [0.15, 0.2) is 0 Å². The van der Waals surface area contributed by atoms with E-state index in [1.165, 1.54) is 0 Å². The molecule has 0 unspecified atom stereocenters. The maximum absolute atomic E-state index is 13.8. The van der Waals surface area contributed by atoms with Crippen LogP contribution in [0.2, 0.25) is 0 Å². The van der Waals surface area contributed by atoms with E-state index in [-0.39, 0.29) is 9.79 Å². The van der Waals surface area contributed by atoms with Crippen molar-refractivity contribution in [2.24, 2.45) is 9.98 Å². The highest BCUT2D eigenvalue weighted by molar-refractivity contribution is 7.93. The lowest BCUT2D eigenvalue weighted by Crippen LogP contribution is -2.19. The molecule has 0 saturated carbocycles. The van der Waals surface area contributed by atoms with E-state index in [1.807, 2.05) is 111 Å². The summed E-state index contributed by atoms with van der Waals surface area (Å²) in [6.45, 7) is 0.875. The normalized spacial score (nSPS) is 12.5. The quantitative estimate of drug-likeness (QED) is 0.122. The van der Waals surface area contributed by atoms with Crippen LogP contribution in [0.4, 0.5) is 22.7 Å². The third-order valence-corrected chi connectivity index (χ3v) is 11.8. The number of nitrogens with one attached hydrogen (secondary N) is 2. The molecule has 2 N–H and O–H groups in total. The molecular formula is C42H44N6O4S2. The second-order valence-corrected chi connectivity index (χ2v) is 16.4. The maximum Gasteiger partial charge on any atom is 0.262 e. The summed E-state index contributed by atoms with van der Waals surface area (Å²) in [5, 5.41) is 4.00. The number of fused-ring (bicyclic) bond motifs is 2. The Morgan fingerprint density at radius 2 is 0.815 bits per heavy atom. The molecule has 0 aliphatic rings. The SMILES string of the molecule is CN(C)c1cccc2c(S(=O)(=O)Nc3cccccc3=NCCCCN=c3cccccc3NS(=O)(=O)c3cccc4c(N(C)C)cccc34)cccc12. The first-order chi connectivity index (χ1) is 26.0. The first-order valence-electron chi connectivity index (χ1n) is 17.6. The molecule has 6 aromatic carbocycles. The molecule has 10 nitrogen and oxygen atoms in total. The summed E-state index contributed by atoms with van der Waals surface area (Å²) in [7, 11) is -0.198. The van der Waals surface area contributed by atoms with E-state index in [0.717, 1.165) is 22.1 Å². The Kier molecular flexibility index (Phi) is 11.6. The topological polar surface area (TPSA) is 124 Å². The van der Waals surface area contributed by atoms with E-state index in [2.05, 4.69) is 9.44 Å². The Balaban J connectivity index is 1.18. The first-order valence-corrected chi connectivity index (χ1v) is 20.6. The molecule has 0 aromatic heterocycles. The van der Waals surface area contributed by atoms with Gasteiger partial charge in [-0.05, 0) is 61.4 Å². The van der Waals surface area contributed by atoms with Crippen molar-refractivity contribution in [3.05, 3.63) is 144 Å². The van der Waals surface area contributed by atoms with Gasteiger partial charge in [0.25, 0.3) is 20.0 Å². The third kappa shape index (κ3) is 8.56. The van der Waals surface area contributed by atoms with Gasteiger partial charge in [0.1, 0.15) is 0 Å². The first kappa shape index (κ1) is 38.0. The molecule has 12 heteroatoms. The van der Waals surface area contributed by atoms with E-state index in [0.29, 0.717) is 58.8 Å². The van der Waals surface area contributed by atoms with E-state index in [1.54, 1.807) is 60.7 Å². The summed E-state index contributed by atoms with van der Waals surface area (Å²) in [6, 6.07) is 39.7. The minimum atomic E-state index is -3.96. The van der Waals surface area contributed by atoms with E-state index >= 15 is 0 Å². The van der Waals surface area contributed by atoms with Gasteiger partial charge in [0, 0.05) is 74.2 Å². The molecule has 0 heterocycles. The number of hydrogen-bond acceptors (Lipinski definition) is 8. The average molecular weight is 761 g/mol. The van der Waals surface area contributed by atoms with Crippen molar-refractivity contribution in [1.82, 2.24) is 0 Å². The molecule has 0 bridgehead atoms. The lowest BCUT2D eigenvalue weighted by molar-refractivity contribution is 0.600. The highest BCUT2D eigenvalue weighted by atomic mass is 32.2. The summed E-state index contributed by atoms with van der Waals surface area (Å²) in [5.74, 6) is 0. The molecule has 0 aliphatic heterocycles. The van der Waals surface area contributed by atoms with Gasteiger partial charge in [-0.15, -0.1) is 0 Å². The summed E-state index contributed by atoms with van der Waals surface area (Å²) in [6.07, 6.45) is 1.35. The van der Waals surface area contributed by atoms with Crippen molar-refractivity contribution in [3.8, 4) is 0 Å². The molecule has 0 radical (unpaired) electrons. The van der Waals surface area contributed by atoms with Gasteiger partial charge in [-0.3, -0.25) is 19.4 Å². The van der Waals surface area contributed by atoms with E-state index in [9.17, 15) is 16.8 Å². The van der Waals surface area contributed by atoms with Crippen LogP contribution in [0, 0.1) is 0 Å². The molecule has 0 atom stereocenters. The van der Waals surface area contributed by atoms with E-state index in [4.69, 9.17) is 9.98 Å². The van der Waals surface area contributed by atoms with Gasteiger partial charge in [0.05, 0.1) is 31.9 Å². The molecule has 278 valence electrons. The minimum Gasteiger partial charge on any atom is -0.377 e. The van der Waals surface area contributed by atoms with Crippen LogP contribution in [-0.4, -0.2) is 58.1 Å². The smallest absolute Gasteiger partial charge is 0.262 e. The van der Waals surface area contributed by atoms with Crippen LogP contribution >= 0.6 is 0 Å².